The highest BCUT2D eigenvalue weighted by Gasteiger charge is 2.21. The molecule has 0 radical (unpaired) electrons. The van der Waals surface area contributed by atoms with Crippen LogP contribution in [0.2, 0.25) is 0 Å². The van der Waals surface area contributed by atoms with Gasteiger partial charge in [-0.05, 0) is 12.1 Å². The minimum atomic E-state index is -0.0144. The topological polar surface area (TPSA) is 20.3 Å². The number of hydrogen-bond donors (Lipinski definition) is 0. The summed E-state index contributed by atoms with van der Waals surface area (Å²) in [6.07, 6.45) is 0. The minimum absolute atomic E-state index is 0.0144. The number of hydrogen-bond acceptors (Lipinski definition) is 2. The van der Waals surface area contributed by atoms with Gasteiger partial charge in [0.1, 0.15) is 5.88 Å². The maximum absolute atomic E-state index is 11.5. The van der Waals surface area contributed by atoms with E-state index in [1.807, 2.05) is 24.3 Å². The average molecular weight is 228 g/mol. The van der Waals surface area contributed by atoms with E-state index in [-0.39, 0.29) is 11.8 Å². The Morgan fingerprint density at radius 2 is 2.29 bits per heavy atom. The van der Waals surface area contributed by atoms with Crippen molar-refractivity contribution in [3.8, 4) is 0 Å². The van der Waals surface area contributed by atoms with Crippen molar-refractivity contribution >= 4 is 35.0 Å². The normalized spacial score (nSPS) is 15.1. The molecule has 0 unspecified atom stereocenters. The highest BCUT2D eigenvalue weighted by Crippen LogP contribution is 2.34. The second-order valence-corrected chi connectivity index (χ2v) is 4.40. The SMILES string of the molecule is O=C(CCl)N1CCSc2ccccc21. The van der Waals surface area contributed by atoms with Crippen molar-refractivity contribution in [1.82, 2.24) is 0 Å². The first kappa shape index (κ1) is 9.87. The number of amides is 1. The fourth-order valence-electron chi connectivity index (χ4n) is 1.50. The van der Waals surface area contributed by atoms with Crippen LogP contribution in [0.15, 0.2) is 29.2 Å². The number of benzene rings is 1. The van der Waals surface area contributed by atoms with Gasteiger partial charge in [0.15, 0.2) is 0 Å². The number of nitrogens with zero attached hydrogens (tertiary/aromatic N) is 1. The number of carbonyl (C=O) groups excluding carboxylic acids is 1. The zero-order valence-electron chi connectivity index (χ0n) is 7.57. The van der Waals surface area contributed by atoms with Crippen molar-refractivity contribution in [3.63, 3.8) is 0 Å². The van der Waals surface area contributed by atoms with Gasteiger partial charge in [-0.3, -0.25) is 4.79 Å². The van der Waals surface area contributed by atoms with Gasteiger partial charge in [0.2, 0.25) is 5.91 Å². The van der Waals surface area contributed by atoms with E-state index in [4.69, 9.17) is 11.6 Å². The third-order valence-corrected chi connectivity index (χ3v) is 3.42. The van der Waals surface area contributed by atoms with Crippen LogP contribution in [0.5, 0.6) is 0 Å². The van der Waals surface area contributed by atoms with Crippen LogP contribution in [0, 0.1) is 0 Å². The molecule has 4 heteroatoms. The maximum atomic E-state index is 11.5. The number of alkyl halides is 1. The number of fused-ring (bicyclic) bond motifs is 1. The van der Waals surface area contributed by atoms with Crippen LogP contribution < -0.4 is 4.90 Å². The van der Waals surface area contributed by atoms with Gasteiger partial charge in [-0.2, -0.15) is 0 Å². The molecular weight excluding hydrogens is 218 g/mol. The average Bonchev–Trinajstić information content (AvgIpc) is 2.27. The van der Waals surface area contributed by atoms with E-state index in [9.17, 15) is 4.79 Å². The zero-order chi connectivity index (χ0) is 9.97. The number of halogens is 1. The molecule has 1 aliphatic rings. The molecule has 0 saturated heterocycles. The largest absolute Gasteiger partial charge is 0.309 e. The first-order valence-corrected chi connectivity index (χ1v) is 5.93. The van der Waals surface area contributed by atoms with Crippen LogP contribution in [-0.4, -0.2) is 24.1 Å². The van der Waals surface area contributed by atoms with Gasteiger partial charge in [0.25, 0.3) is 0 Å². The van der Waals surface area contributed by atoms with Crippen LogP contribution in [0.3, 0.4) is 0 Å². The highest BCUT2D eigenvalue weighted by atomic mass is 35.5. The predicted octanol–water partition coefficient (Wildman–Crippen LogP) is 2.36. The smallest absolute Gasteiger partial charge is 0.241 e. The molecule has 0 fully saturated rings. The highest BCUT2D eigenvalue weighted by molar-refractivity contribution is 7.99. The van der Waals surface area contributed by atoms with E-state index in [1.54, 1.807) is 16.7 Å². The monoisotopic (exact) mass is 227 g/mol. The number of thioether (sulfide) groups is 1. The Labute approximate surface area is 92.2 Å². The van der Waals surface area contributed by atoms with Crippen molar-refractivity contribution < 1.29 is 4.79 Å². The van der Waals surface area contributed by atoms with E-state index in [0.717, 1.165) is 22.9 Å². The fraction of sp³-hybridized carbons (Fsp3) is 0.300. The van der Waals surface area contributed by atoms with Gasteiger partial charge in [-0.1, -0.05) is 12.1 Å². The molecule has 2 rings (SSSR count). The van der Waals surface area contributed by atoms with E-state index in [2.05, 4.69) is 0 Å². The molecule has 2 nitrogen and oxygen atoms in total. The number of para-hydroxylation sites is 1. The van der Waals surface area contributed by atoms with Crippen LogP contribution in [0.4, 0.5) is 5.69 Å². The van der Waals surface area contributed by atoms with Gasteiger partial charge in [0, 0.05) is 17.2 Å². The van der Waals surface area contributed by atoms with E-state index < -0.39 is 0 Å². The molecule has 0 atom stereocenters. The summed E-state index contributed by atoms with van der Waals surface area (Å²) >= 11 is 7.34. The minimum Gasteiger partial charge on any atom is -0.309 e. The molecular formula is C10H10ClNOS. The van der Waals surface area contributed by atoms with Crippen molar-refractivity contribution in [2.45, 2.75) is 4.90 Å². The first-order valence-electron chi connectivity index (χ1n) is 4.41. The van der Waals surface area contributed by atoms with Gasteiger partial charge in [-0.25, -0.2) is 0 Å². The van der Waals surface area contributed by atoms with E-state index >= 15 is 0 Å². The molecule has 0 aromatic heterocycles. The predicted molar refractivity (Wildman–Crippen MR) is 60.2 cm³/mol. The third kappa shape index (κ3) is 1.74. The summed E-state index contributed by atoms with van der Waals surface area (Å²) in [6.45, 7) is 0.757. The Hall–Kier alpha value is -0.670. The van der Waals surface area contributed by atoms with Crippen molar-refractivity contribution in [2.75, 3.05) is 23.1 Å². The van der Waals surface area contributed by atoms with Gasteiger partial charge in [-0.15, -0.1) is 23.4 Å². The maximum Gasteiger partial charge on any atom is 0.241 e. The lowest BCUT2D eigenvalue weighted by Crippen LogP contribution is -2.36. The lowest BCUT2D eigenvalue weighted by atomic mass is 10.3. The Balaban J connectivity index is 2.35. The van der Waals surface area contributed by atoms with Gasteiger partial charge < -0.3 is 4.90 Å². The Morgan fingerprint density at radius 3 is 3.07 bits per heavy atom. The summed E-state index contributed by atoms with van der Waals surface area (Å²) in [7, 11) is 0. The second kappa shape index (κ2) is 4.24. The molecule has 14 heavy (non-hydrogen) atoms. The number of anilines is 1. The standard InChI is InChI=1S/C10H10ClNOS/c11-7-10(13)12-5-6-14-9-4-2-1-3-8(9)12/h1-4H,5-7H2. The molecule has 0 N–H and O–H groups in total. The molecule has 1 aliphatic heterocycles. The summed E-state index contributed by atoms with van der Waals surface area (Å²) in [5, 5.41) is 0. The molecule has 1 amide bonds. The van der Waals surface area contributed by atoms with Crippen molar-refractivity contribution in [1.29, 1.82) is 0 Å². The Kier molecular flexibility index (Phi) is 2.99. The molecule has 1 aromatic carbocycles. The molecule has 0 bridgehead atoms. The van der Waals surface area contributed by atoms with Crippen LogP contribution >= 0.6 is 23.4 Å². The third-order valence-electron chi connectivity index (χ3n) is 2.14. The van der Waals surface area contributed by atoms with Crippen molar-refractivity contribution in [2.24, 2.45) is 0 Å². The van der Waals surface area contributed by atoms with Crippen LogP contribution in [0.1, 0.15) is 0 Å². The summed E-state index contributed by atoms with van der Waals surface area (Å²) in [4.78, 5) is 14.4. The molecule has 74 valence electrons. The van der Waals surface area contributed by atoms with Crippen molar-refractivity contribution in [3.05, 3.63) is 24.3 Å². The molecule has 0 aliphatic carbocycles. The Bertz CT molecular complexity index is 356. The van der Waals surface area contributed by atoms with Gasteiger partial charge >= 0.3 is 0 Å². The first-order chi connectivity index (χ1) is 6.83. The lowest BCUT2D eigenvalue weighted by molar-refractivity contribution is -0.116. The second-order valence-electron chi connectivity index (χ2n) is 3.00. The summed E-state index contributed by atoms with van der Waals surface area (Å²) in [5.41, 5.74) is 0.995. The zero-order valence-corrected chi connectivity index (χ0v) is 9.14. The van der Waals surface area contributed by atoms with E-state index in [1.165, 1.54) is 0 Å². The fourth-order valence-corrected chi connectivity index (χ4v) is 2.64. The summed E-state index contributed by atoms with van der Waals surface area (Å²) in [5.74, 6) is 0.984. The summed E-state index contributed by atoms with van der Waals surface area (Å²) < 4.78 is 0. The number of rotatable bonds is 1. The summed E-state index contributed by atoms with van der Waals surface area (Å²) in [6, 6.07) is 7.93. The molecule has 0 saturated carbocycles. The molecule has 1 heterocycles. The lowest BCUT2D eigenvalue weighted by Gasteiger charge is -2.28. The quantitative estimate of drug-likeness (QED) is 0.687. The van der Waals surface area contributed by atoms with Gasteiger partial charge in [0.05, 0.1) is 5.69 Å². The van der Waals surface area contributed by atoms with E-state index in [0.29, 0.717) is 0 Å². The van der Waals surface area contributed by atoms with Crippen LogP contribution in [0.25, 0.3) is 0 Å². The molecule has 1 aromatic rings. The Morgan fingerprint density at radius 1 is 1.50 bits per heavy atom. The molecule has 0 spiro atoms. The van der Waals surface area contributed by atoms with Crippen LogP contribution in [-0.2, 0) is 4.79 Å². The number of carbonyl (C=O) groups is 1.